The maximum atomic E-state index is 12.7. The van der Waals surface area contributed by atoms with Crippen LogP contribution in [0.4, 0.5) is 0 Å². The third-order valence-electron chi connectivity index (χ3n) is 5.11. The Balaban J connectivity index is 1.43. The highest BCUT2D eigenvalue weighted by molar-refractivity contribution is 9.10. The summed E-state index contributed by atoms with van der Waals surface area (Å²) in [5, 5.41) is 1.19. The molecule has 0 saturated heterocycles. The van der Waals surface area contributed by atoms with Crippen molar-refractivity contribution in [2.45, 2.75) is 19.5 Å². The fraction of sp³-hybridized carbons (Fsp3) is 0.200. The standard InChI is InChI=1S/C20H17BrN6O/c21-15-2-1-3-17-18(15)13(8-24-17)9-27-5-4-16-14(10-27)20(28)26-19(25-16)12-6-22-11-23-7-12/h1-3,6-8,11,24H,4-5,9-10H2,(H,25,26,28). The molecule has 140 valence electrons. The summed E-state index contributed by atoms with van der Waals surface area (Å²) >= 11 is 3.65. The van der Waals surface area contributed by atoms with Crippen LogP contribution in [0.2, 0.25) is 0 Å². The summed E-state index contributed by atoms with van der Waals surface area (Å²) in [4.78, 5) is 33.9. The molecule has 4 heterocycles. The van der Waals surface area contributed by atoms with Crippen molar-refractivity contribution in [3.8, 4) is 11.4 Å². The number of aromatic nitrogens is 5. The third-order valence-corrected chi connectivity index (χ3v) is 5.77. The molecule has 0 aliphatic carbocycles. The Morgan fingerprint density at radius 2 is 2.07 bits per heavy atom. The summed E-state index contributed by atoms with van der Waals surface area (Å²) in [7, 11) is 0. The van der Waals surface area contributed by atoms with Gasteiger partial charge in [-0.25, -0.2) is 15.0 Å². The second-order valence-electron chi connectivity index (χ2n) is 6.90. The zero-order chi connectivity index (χ0) is 19.1. The van der Waals surface area contributed by atoms with E-state index in [9.17, 15) is 4.79 Å². The number of halogens is 1. The SMILES string of the molecule is O=c1[nH]c(-c2cncnc2)nc2c1CN(Cc1c[nH]c3cccc(Br)c13)CC2. The molecule has 4 aromatic rings. The number of nitrogens with one attached hydrogen (secondary N) is 2. The van der Waals surface area contributed by atoms with Gasteiger partial charge in [0.25, 0.3) is 5.56 Å². The second-order valence-corrected chi connectivity index (χ2v) is 7.76. The van der Waals surface area contributed by atoms with Gasteiger partial charge < -0.3 is 9.97 Å². The van der Waals surface area contributed by atoms with Crippen molar-refractivity contribution < 1.29 is 0 Å². The van der Waals surface area contributed by atoms with Gasteiger partial charge in [0.05, 0.1) is 16.8 Å². The van der Waals surface area contributed by atoms with Crippen molar-refractivity contribution in [1.29, 1.82) is 0 Å². The minimum absolute atomic E-state index is 0.0892. The number of hydrogen-bond acceptors (Lipinski definition) is 5. The highest BCUT2D eigenvalue weighted by atomic mass is 79.9. The quantitative estimate of drug-likeness (QED) is 0.514. The molecule has 1 aliphatic rings. The van der Waals surface area contributed by atoms with E-state index in [0.717, 1.165) is 40.8 Å². The summed E-state index contributed by atoms with van der Waals surface area (Å²) in [6.45, 7) is 2.21. The van der Waals surface area contributed by atoms with Crippen molar-refractivity contribution in [3.05, 3.63) is 74.8 Å². The normalized spacial score (nSPS) is 14.3. The van der Waals surface area contributed by atoms with Crippen LogP contribution >= 0.6 is 15.9 Å². The molecule has 7 nitrogen and oxygen atoms in total. The molecule has 0 radical (unpaired) electrons. The summed E-state index contributed by atoms with van der Waals surface area (Å²) in [5.41, 5.74) is 4.55. The first-order valence-electron chi connectivity index (χ1n) is 9.03. The van der Waals surface area contributed by atoms with Crippen molar-refractivity contribution >= 4 is 26.8 Å². The lowest BCUT2D eigenvalue weighted by molar-refractivity contribution is 0.242. The minimum atomic E-state index is -0.0892. The van der Waals surface area contributed by atoms with Crippen LogP contribution in [-0.2, 0) is 19.5 Å². The first kappa shape index (κ1) is 17.3. The zero-order valence-electron chi connectivity index (χ0n) is 14.9. The molecule has 0 spiro atoms. The molecule has 28 heavy (non-hydrogen) atoms. The van der Waals surface area contributed by atoms with E-state index in [4.69, 9.17) is 0 Å². The number of benzene rings is 1. The Kier molecular flexibility index (Phi) is 4.29. The number of fused-ring (bicyclic) bond motifs is 2. The molecule has 0 unspecified atom stereocenters. The largest absolute Gasteiger partial charge is 0.361 e. The second kappa shape index (κ2) is 6.96. The molecular weight excluding hydrogens is 420 g/mol. The Hall–Kier alpha value is -2.84. The molecule has 0 atom stereocenters. The Labute approximate surface area is 169 Å². The Bertz CT molecular complexity index is 1220. The summed E-state index contributed by atoms with van der Waals surface area (Å²) < 4.78 is 1.08. The molecule has 0 fully saturated rings. The van der Waals surface area contributed by atoms with Gasteiger partial charge in [0.2, 0.25) is 0 Å². The lowest BCUT2D eigenvalue weighted by Gasteiger charge is -2.27. The predicted molar refractivity (Wildman–Crippen MR) is 110 cm³/mol. The van der Waals surface area contributed by atoms with Crippen LogP contribution in [0.5, 0.6) is 0 Å². The van der Waals surface area contributed by atoms with Gasteiger partial charge in [0.15, 0.2) is 0 Å². The molecule has 3 aromatic heterocycles. The van der Waals surface area contributed by atoms with Crippen LogP contribution in [0, 0.1) is 0 Å². The number of hydrogen-bond donors (Lipinski definition) is 2. The first-order chi connectivity index (χ1) is 13.7. The van der Waals surface area contributed by atoms with Crippen LogP contribution in [0.15, 0.2) is 52.4 Å². The fourth-order valence-electron chi connectivity index (χ4n) is 3.75. The highest BCUT2D eigenvalue weighted by Crippen LogP contribution is 2.29. The van der Waals surface area contributed by atoms with E-state index >= 15 is 0 Å². The molecule has 0 amide bonds. The van der Waals surface area contributed by atoms with Crippen LogP contribution < -0.4 is 5.56 Å². The highest BCUT2D eigenvalue weighted by Gasteiger charge is 2.22. The molecule has 5 rings (SSSR count). The average molecular weight is 437 g/mol. The molecule has 2 N–H and O–H groups in total. The van der Waals surface area contributed by atoms with E-state index < -0.39 is 0 Å². The van der Waals surface area contributed by atoms with Gasteiger partial charge in [-0.05, 0) is 17.7 Å². The maximum absolute atomic E-state index is 12.7. The maximum Gasteiger partial charge on any atom is 0.255 e. The summed E-state index contributed by atoms with van der Waals surface area (Å²) in [6.07, 6.45) is 7.56. The molecular formula is C20H17BrN6O. The number of H-pyrrole nitrogens is 2. The van der Waals surface area contributed by atoms with Crippen molar-refractivity contribution in [2.24, 2.45) is 0 Å². The summed E-state index contributed by atoms with van der Waals surface area (Å²) in [5.74, 6) is 0.526. The van der Waals surface area contributed by atoms with E-state index in [-0.39, 0.29) is 5.56 Å². The third kappa shape index (κ3) is 3.04. The smallest absolute Gasteiger partial charge is 0.255 e. The van der Waals surface area contributed by atoms with Crippen molar-refractivity contribution in [3.63, 3.8) is 0 Å². The zero-order valence-corrected chi connectivity index (χ0v) is 16.5. The average Bonchev–Trinajstić information content (AvgIpc) is 3.13. The predicted octanol–water partition coefficient (Wildman–Crippen LogP) is 3.03. The van der Waals surface area contributed by atoms with Gasteiger partial charge >= 0.3 is 0 Å². The van der Waals surface area contributed by atoms with E-state index in [2.05, 4.69) is 57.9 Å². The van der Waals surface area contributed by atoms with Gasteiger partial charge in [-0.1, -0.05) is 22.0 Å². The van der Waals surface area contributed by atoms with Gasteiger partial charge in [0.1, 0.15) is 12.2 Å². The molecule has 0 saturated carbocycles. The van der Waals surface area contributed by atoms with Gasteiger partial charge in [0, 0.05) is 60.0 Å². The van der Waals surface area contributed by atoms with E-state index in [0.29, 0.717) is 17.9 Å². The molecule has 0 bridgehead atoms. The fourth-order valence-corrected chi connectivity index (χ4v) is 4.37. The van der Waals surface area contributed by atoms with E-state index in [1.165, 1.54) is 17.3 Å². The molecule has 1 aromatic carbocycles. The summed E-state index contributed by atoms with van der Waals surface area (Å²) in [6, 6.07) is 6.14. The molecule has 8 heteroatoms. The van der Waals surface area contributed by atoms with Gasteiger partial charge in [-0.15, -0.1) is 0 Å². The lowest BCUT2D eigenvalue weighted by Crippen LogP contribution is -2.35. The Morgan fingerprint density at radius 3 is 2.93 bits per heavy atom. The van der Waals surface area contributed by atoms with E-state index in [1.54, 1.807) is 12.4 Å². The molecule has 1 aliphatic heterocycles. The van der Waals surface area contributed by atoms with Crippen LogP contribution in [-0.4, -0.2) is 36.4 Å². The number of nitrogens with zero attached hydrogens (tertiary/aromatic N) is 4. The van der Waals surface area contributed by atoms with E-state index in [1.807, 2.05) is 12.3 Å². The topological polar surface area (TPSA) is 90.6 Å². The number of rotatable bonds is 3. The van der Waals surface area contributed by atoms with Gasteiger partial charge in [-0.2, -0.15) is 0 Å². The first-order valence-corrected chi connectivity index (χ1v) is 9.82. The number of aromatic amines is 2. The minimum Gasteiger partial charge on any atom is -0.361 e. The van der Waals surface area contributed by atoms with Crippen molar-refractivity contribution in [2.75, 3.05) is 6.54 Å². The van der Waals surface area contributed by atoms with Crippen LogP contribution in [0.1, 0.15) is 16.8 Å². The van der Waals surface area contributed by atoms with Gasteiger partial charge in [-0.3, -0.25) is 9.69 Å². The Morgan fingerprint density at radius 1 is 1.21 bits per heavy atom. The van der Waals surface area contributed by atoms with Crippen LogP contribution in [0.3, 0.4) is 0 Å². The lowest BCUT2D eigenvalue weighted by atomic mass is 10.1. The monoisotopic (exact) mass is 436 g/mol. The van der Waals surface area contributed by atoms with Crippen molar-refractivity contribution in [1.82, 2.24) is 29.8 Å². The van der Waals surface area contributed by atoms with Crippen LogP contribution in [0.25, 0.3) is 22.3 Å².